The molecule has 0 saturated heterocycles. The zero-order valence-electron chi connectivity index (χ0n) is 8.64. The molecule has 0 bridgehead atoms. The van der Waals surface area contributed by atoms with Crippen LogP contribution in [0.1, 0.15) is 6.92 Å². The standard InChI is InChI=1S/C9H13BrN2O3S/c1-6(5-13)12-16(14,15)9-4-7(10)2-3-8(9)11/h2-4,6,12-13H,5,11H2,1H3. The number of hydrogen-bond donors (Lipinski definition) is 3. The molecule has 5 nitrogen and oxygen atoms in total. The highest BCUT2D eigenvalue weighted by Crippen LogP contribution is 2.22. The SMILES string of the molecule is CC(CO)NS(=O)(=O)c1cc(Br)ccc1N. The predicted molar refractivity (Wildman–Crippen MR) is 65.4 cm³/mol. The quantitative estimate of drug-likeness (QED) is 0.714. The van der Waals surface area contributed by atoms with E-state index in [9.17, 15) is 8.42 Å². The second-order valence-corrected chi connectivity index (χ2v) is 5.99. The highest BCUT2D eigenvalue weighted by molar-refractivity contribution is 9.10. The van der Waals surface area contributed by atoms with Crippen molar-refractivity contribution in [3.8, 4) is 0 Å². The first-order chi connectivity index (χ1) is 7.36. The minimum Gasteiger partial charge on any atom is -0.398 e. The van der Waals surface area contributed by atoms with Gasteiger partial charge < -0.3 is 10.8 Å². The second kappa shape index (κ2) is 5.13. The van der Waals surface area contributed by atoms with Gasteiger partial charge in [0.25, 0.3) is 0 Å². The van der Waals surface area contributed by atoms with Crippen LogP contribution in [-0.4, -0.2) is 26.2 Å². The van der Waals surface area contributed by atoms with Gasteiger partial charge >= 0.3 is 0 Å². The first-order valence-electron chi connectivity index (χ1n) is 4.55. The number of anilines is 1. The van der Waals surface area contributed by atoms with Gasteiger partial charge in [0.15, 0.2) is 0 Å². The summed E-state index contributed by atoms with van der Waals surface area (Å²) < 4.78 is 26.6. The first kappa shape index (κ1) is 13.4. The minimum atomic E-state index is -3.69. The lowest BCUT2D eigenvalue weighted by Gasteiger charge is -2.13. The molecular weight excluding hydrogens is 296 g/mol. The van der Waals surface area contributed by atoms with Crippen LogP contribution in [0.15, 0.2) is 27.6 Å². The molecule has 0 spiro atoms. The van der Waals surface area contributed by atoms with E-state index in [4.69, 9.17) is 10.8 Å². The zero-order chi connectivity index (χ0) is 12.3. The Balaban J connectivity index is 3.12. The summed E-state index contributed by atoms with van der Waals surface area (Å²) in [4.78, 5) is 0.00201. The molecule has 16 heavy (non-hydrogen) atoms. The monoisotopic (exact) mass is 308 g/mol. The number of nitrogen functional groups attached to an aromatic ring is 1. The van der Waals surface area contributed by atoms with Gasteiger partial charge in [-0.15, -0.1) is 0 Å². The van der Waals surface area contributed by atoms with E-state index in [0.29, 0.717) is 4.47 Å². The molecular formula is C9H13BrN2O3S. The summed E-state index contributed by atoms with van der Waals surface area (Å²) in [5, 5.41) is 8.80. The van der Waals surface area contributed by atoms with E-state index in [0.717, 1.165) is 0 Å². The lowest BCUT2D eigenvalue weighted by molar-refractivity contribution is 0.265. The van der Waals surface area contributed by atoms with Gasteiger partial charge in [0.2, 0.25) is 10.0 Å². The molecule has 4 N–H and O–H groups in total. The molecule has 0 heterocycles. The van der Waals surface area contributed by atoms with E-state index in [2.05, 4.69) is 20.7 Å². The smallest absolute Gasteiger partial charge is 0.242 e. The van der Waals surface area contributed by atoms with Crippen LogP contribution >= 0.6 is 15.9 Å². The second-order valence-electron chi connectivity index (χ2n) is 3.39. The normalized spacial score (nSPS) is 13.7. The Morgan fingerprint density at radius 1 is 1.56 bits per heavy atom. The average Bonchev–Trinajstić information content (AvgIpc) is 2.20. The number of aliphatic hydroxyl groups is 1. The molecule has 1 rings (SSSR count). The summed E-state index contributed by atoms with van der Waals surface area (Å²) in [5.41, 5.74) is 5.76. The third-order valence-electron chi connectivity index (χ3n) is 1.90. The predicted octanol–water partition coefficient (Wildman–Crippen LogP) is 0.690. The highest BCUT2D eigenvalue weighted by Gasteiger charge is 2.19. The third-order valence-corrected chi connectivity index (χ3v) is 4.03. The molecule has 1 unspecified atom stereocenters. The maximum Gasteiger partial charge on any atom is 0.242 e. The fraction of sp³-hybridized carbons (Fsp3) is 0.333. The lowest BCUT2D eigenvalue weighted by Crippen LogP contribution is -2.35. The van der Waals surface area contributed by atoms with Crippen molar-refractivity contribution in [2.75, 3.05) is 12.3 Å². The van der Waals surface area contributed by atoms with Gasteiger partial charge in [0, 0.05) is 10.5 Å². The van der Waals surface area contributed by atoms with Crippen LogP contribution in [0.4, 0.5) is 5.69 Å². The van der Waals surface area contributed by atoms with Crippen molar-refractivity contribution < 1.29 is 13.5 Å². The summed E-state index contributed by atoms with van der Waals surface area (Å²) in [6, 6.07) is 4.02. The zero-order valence-corrected chi connectivity index (χ0v) is 11.0. The Labute approximate surface area is 103 Å². The Morgan fingerprint density at radius 3 is 2.75 bits per heavy atom. The van der Waals surface area contributed by atoms with Crippen LogP contribution < -0.4 is 10.5 Å². The van der Waals surface area contributed by atoms with Gasteiger partial charge in [0.05, 0.1) is 12.3 Å². The number of aliphatic hydroxyl groups excluding tert-OH is 1. The molecule has 0 aliphatic carbocycles. The Morgan fingerprint density at radius 2 is 2.19 bits per heavy atom. The van der Waals surface area contributed by atoms with E-state index in [1.807, 2.05) is 0 Å². The number of nitrogens with one attached hydrogen (secondary N) is 1. The van der Waals surface area contributed by atoms with E-state index in [1.165, 1.54) is 12.1 Å². The molecule has 1 aromatic rings. The van der Waals surface area contributed by atoms with E-state index in [-0.39, 0.29) is 17.2 Å². The molecule has 0 aromatic heterocycles. The van der Waals surface area contributed by atoms with Crippen molar-refractivity contribution in [1.29, 1.82) is 0 Å². The largest absolute Gasteiger partial charge is 0.398 e. The van der Waals surface area contributed by atoms with Crippen molar-refractivity contribution in [3.63, 3.8) is 0 Å². The molecule has 1 aromatic carbocycles. The lowest BCUT2D eigenvalue weighted by atomic mass is 10.3. The summed E-state index contributed by atoms with van der Waals surface area (Å²) in [6.45, 7) is 1.29. The number of hydrogen-bond acceptors (Lipinski definition) is 4. The minimum absolute atomic E-state index is 0.00201. The van der Waals surface area contributed by atoms with Crippen molar-refractivity contribution >= 4 is 31.6 Å². The Hall–Kier alpha value is -0.630. The number of halogens is 1. The maximum atomic E-state index is 11.9. The van der Waals surface area contributed by atoms with Crippen LogP contribution in [-0.2, 0) is 10.0 Å². The van der Waals surface area contributed by atoms with Crippen LogP contribution in [0.2, 0.25) is 0 Å². The molecule has 0 fully saturated rings. The number of rotatable bonds is 4. The molecule has 0 amide bonds. The first-order valence-corrected chi connectivity index (χ1v) is 6.82. The van der Waals surface area contributed by atoms with Crippen LogP contribution in [0, 0.1) is 0 Å². The van der Waals surface area contributed by atoms with Gasteiger partial charge in [0.1, 0.15) is 4.90 Å². The van der Waals surface area contributed by atoms with E-state index in [1.54, 1.807) is 13.0 Å². The number of benzene rings is 1. The van der Waals surface area contributed by atoms with Gasteiger partial charge in [-0.05, 0) is 25.1 Å². The molecule has 0 radical (unpaired) electrons. The Bertz CT molecular complexity index is 476. The summed E-state index contributed by atoms with van der Waals surface area (Å²) in [7, 11) is -3.69. The molecule has 0 saturated carbocycles. The van der Waals surface area contributed by atoms with Gasteiger partial charge in [-0.3, -0.25) is 0 Å². The maximum absolute atomic E-state index is 11.9. The fourth-order valence-corrected chi connectivity index (χ4v) is 3.01. The van der Waals surface area contributed by atoms with Crippen molar-refractivity contribution in [1.82, 2.24) is 4.72 Å². The molecule has 90 valence electrons. The van der Waals surface area contributed by atoms with Crippen molar-refractivity contribution in [2.45, 2.75) is 17.9 Å². The summed E-state index contributed by atoms with van der Waals surface area (Å²) >= 11 is 3.17. The van der Waals surface area contributed by atoms with E-state index < -0.39 is 16.1 Å². The molecule has 1 atom stereocenters. The van der Waals surface area contributed by atoms with E-state index >= 15 is 0 Å². The highest BCUT2D eigenvalue weighted by atomic mass is 79.9. The van der Waals surface area contributed by atoms with Gasteiger partial charge in [-0.2, -0.15) is 0 Å². The average molecular weight is 309 g/mol. The van der Waals surface area contributed by atoms with Crippen LogP contribution in [0.3, 0.4) is 0 Å². The number of nitrogens with two attached hydrogens (primary N) is 1. The van der Waals surface area contributed by atoms with Crippen LogP contribution in [0.25, 0.3) is 0 Å². The van der Waals surface area contributed by atoms with Crippen molar-refractivity contribution in [2.24, 2.45) is 0 Å². The van der Waals surface area contributed by atoms with Crippen LogP contribution in [0.5, 0.6) is 0 Å². The molecule has 0 aliphatic rings. The molecule has 0 aliphatic heterocycles. The fourth-order valence-electron chi connectivity index (χ4n) is 1.11. The van der Waals surface area contributed by atoms with Gasteiger partial charge in [-0.25, -0.2) is 13.1 Å². The third kappa shape index (κ3) is 3.18. The van der Waals surface area contributed by atoms with Crippen molar-refractivity contribution in [3.05, 3.63) is 22.7 Å². The van der Waals surface area contributed by atoms with Gasteiger partial charge in [-0.1, -0.05) is 15.9 Å². The molecule has 7 heteroatoms. The summed E-state index contributed by atoms with van der Waals surface area (Å²) in [6.07, 6.45) is 0. The summed E-state index contributed by atoms with van der Waals surface area (Å²) in [5.74, 6) is 0. The Kier molecular flexibility index (Phi) is 4.31. The number of sulfonamides is 1. The topological polar surface area (TPSA) is 92.4 Å².